The summed E-state index contributed by atoms with van der Waals surface area (Å²) in [6, 6.07) is 0. The van der Waals surface area contributed by atoms with Crippen LogP contribution in [0.2, 0.25) is 0 Å². The molecule has 0 amide bonds. The molecule has 0 spiro atoms. The van der Waals surface area contributed by atoms with Crippen LogP contribution < -0.4 is 0 Å². The van der Waals surface area contributed by atoms with Crippen LogP contribution in [0.15, 0.2) is 0 Å². The van der Waals surface area contributed by atoms with E-state index in [1.54, 1.807) is 0 Å². The molecule has 0 radical (unpaired) electrons. The van der Waals surface area contributed by atoms with Gasteiger partial charge in [-0.2, -0.15) is 0 Å². The second-order valence-electron chi connectivity index (χ2n) is 6.09. The van der Waals surface area contributed by atoms with Gasteiger partial charge in [0.25, 0.3) is 0 Å². The Hall–Kier alpha value is -1.06. The minimum Gasteiger partial charge on any atom is -0.481 e. The Labute approximate surface area is 107 Å². The number of carboxylic acid groups (broad SMARTS) is 2. The SMILES string of the molecule is O=C(O)C1(CCC2(C(=O)O)CCCC2)CCCC1. The van der Waals surface area contributed by atoms with E-state index in [0.717, 1.165) is 51.4 Å². The Morgan fingerprint density at radius 2 is 1.00 bits per heavy atom. The summed E-state index contributed by atoms with van der Waals surface area (Å²) in [5, 5.41) is 18.8. The van der Waals surface area contributed by atoms with Crippen LogP contribution in [0.4, 0.5) is 0 Å². The smallest absolute Gasteiger partial charge is 0.309 e. The average Bonchev–Trinajstić information content (AvgIpc) is 2.97. The van der Waals surface area contributed by atoms with Gasteiger partial charge in [-0.25, -0.2) is 0 Å². The van der Waals surface area contributed by atoms with Crippen LogP contribution in [-0.4, -0.2) is 22.2 Å². The molecule has 2 N–H and O–H groups in total. The van der Waals surface area contributed by atoms with Gasteiger partial charge in [0.1, 0.15) is 0 Å². The molecule has 0 unspecified atom stereocenters. The Balaban J connectivity index is 2.05. The first kappa shape index (κ1) is 13.4. The Kier molecular flexibility index (Phi) is 3.64. The van der Waals surface area contributed by atoms with E-state index in [0.29, 0.717) is 12.8 Å². The van der Waals surface area contributed by atoms with E-state index in [1.165, 1.54) is 0 Å². The van der Waals surface area contributed by atoms with Gasteiger partial charge in [-0.3, -0.25) is 9.59 Å². The zero-order valence-corrected chi connectivity index (χ0v) is 10.8. The molecule has 0 atom stereocenters. The van der Waals surface area contributed by atoms with Gasteiger partial charge in [-0.15, -0.1) is 0 Å². The van der Waals surface area contributed by atoms with Crippen molar-refractivity contribution in [3.63, 3.8) is 0 Å². The molecule has 0 bridgehead atoms. The van der Waals surface area contributed by atoms with Crippen molar-refractivity contribution in [2.45, 2.75) is 64.2 Å². The fourth-order valence-electron chi connectivity index (χ4n) is 3.72. The summed E-state index contributed by atoms with van der Waals surface area (Å²) in [5.41, 5.74) is -1.27. The van der Waals surface area contributed by atoms with Gasteiger partial charge >= 0.3 is 11.9 Å². The van der Waals surface area contributed by atoms with Gasteiger partial charge < -0.3 is 10.2 Å². The second-order valence-corrected chi connectivity index (χ2v) is 6.09. The highest BCUT2D eigenvalue weighted by atomic mass is 16.4. The lowest BCUT2D eigenvalue weighted by molar-refractivity contribution is -0.154. The summed E-state index contributed by atoms with van der Waals surface area (Å²) in [7, 11) is 0. The lowest BCUT2D eigenvalue weighted by atomic mass is 9.73. The highest BCUT2D eigenvalue weighted by Crippen LogP contribution is 2.49. The minimum absolute atomic E-state index is 0.536. The molecule has 18 heavy (non-hydrogen) atoms. The van der Waals surface area contributed by atoms with Crippen molar-refractivity contribution in [3.8, 4) is 0 Å². The maximum absolute atomic E-state index is 11.5. The van der Waals surface area contributed by atoms with Gasteiger partial charge in [0, 0.05) is 0 Å². The molecule has 0 aromatic carbocycles. The van der Waals surface area contributed by atoms with Crippen LogP contribution in [0.25, 0.3) is 0 Å². The van der Waals surface area contributed by atoms with Gasteiger partial charge in [0.15, 0.2) is 0 Å². The van der Waals surface area contributed by atoms with E-state index in [9.17, 15) is 19.8 Å². The van der Waals surface area contributed by atoms with E-state index in [-0.39, 0.29) is 0 Å². The maximum atomic E-state index is 11.5. The average molecular weight is 254 g/mol. The first-order valence-electron chi connectivity index (χ1n) is 6.98. The zero-order chi connectivity index (χ0) is 13.2. The predicted molar refractivity (Wildman–Crippen MR) is 66.3 cm³/mol. The summed E-state index contributed by atoms with van der Waals surface area (Å²) in [5.74, 6) is -1.45. The molecular formula is C14H22O4. The number of carbonyl (C=O) groups is 2. The molecule has 102 valence electrons. The molecule has 0 aromatic rings. The van der Waals surface area contributed by atoms with Crippen molar-refractivity contribution in [2.24, 2.45) is 10.8 Å². The Bertz CT molecular complexity index is 302. The van der Waals surface area contributed by atoms with Gasteiger partial charge in [0.2, 0.25) is 0 Å². The van der Waals surface area contributed by atoms with Crippen molar-refractivity contribution in [2.75, 3.05) is 0 Å². The van der Waals surface area contributed by atoms with Crippen LogP contribution in [0.1, 0.15) is 64.2 Å². The van der Waals surface area contributed by atoms with Crippen molar-refractivity contribution in [1.82, 2.24) is 0 Å². The van der Waals surface area contributed by atoms with Gasteiger partial charge in [0.05, 0.1) is 10.8 Å². The molecular weight excluding hydrogens is 232 g/mol. The van der Waals surface area contributed by atoms with Gasteiger partial charge in [-0.1, -0.05) is 25.7 Å². The predicted octanol–water partition coefficient (Wildman–Crippen LogP) is 3.06. The minimum atomic E-state index is -0.724. The molecule has 2 aliphatic rings. The topological polar surface area (TPSA) is 74.6 Å². The fraction of sp³-hybridized carbons (Fsp3) is 0.857. The molecule has 4 heteroatoms. The number of hydrogen-bond donors (Lipinski definition) is 2. The third-order valence-electron chi connectivity index (χ3n) is 5.11. The molecule has 0 saturated heterocycles. The van der Waals surface area contributed by atoms with Crippen molar-refractivity contribution < 1.29 is 19.8 Å². The quantitative estimate of drug-likeness (QED) is 0.790. The lowest BCUT2D eigenvalue weighted by Gasteiger charge is -2.30. The first-order valence-corrected chi connectivity index (χ1v) is 6.98. The van der Waals surface area contributed by atoms with Gasteiger partial charge in [-0.05, 0) is 38.5 Å². The standard InChI is InChI=1S/C14H22O4/c15-11(16)13(5-1-2-6-13)9-10-14(12(17)18)7-3-4-8-14/h1-10H2,(H,15,16)(H,17,18). The van der Waals surface area contributed by atoms with Crippen LogP contribution in [0.3, 0.4) is 0 Å². The number of hydrogen-bond acceptors (Lipinski definition) is 2. The summed E-state index contributed by atoms with van der Waals surface area (Å²) in [4.78, 5) is 22.9. The molecule has 2 rings (SSSR count). The summed E-state index contributed by atoms with van der Waals surface area (Å²) in [6.45, 7) is 0. The number of rotatable bonds is 5. The third-order valence-corrected chi connectivity index (χ3v) is 5.11. The van der Waals surface area contributed by atoms with Crippen molar-refractivity contribution >= 4 is 11.9 Å². The van der Waals surface area contributed by atoms with Crippen LogP contribution in [0.5, 0.6) is 0 Å². The molecule has 0 aromatic heterocycles. The Morgan fingerprint density at radius 3 is 1.22 bits per heavy atom. The van der Waals surface area contributed by atoms with Crippen molar-refractivity contribution in [1.29, 1.82) is 0 Å². The molecule has 0 heterocycles. The molecule has 4 nitrogen and oxygen atoms in total. The van der Waals surface area contributed by atoms with Crippen LogP contribution in [0, 0.1) is 10.8 Å². The van der Waals surface area contributed by atoms with Crippen molar-refractivity contribution in [3.05, 3.63) is 0 Å². The monoisotopic (exact) mass is 254 g/mol. The van der Waals surface area contributed by atoms with E-state index in [2.05, 4.69) is 0 Å². The molecule has 2 saturated carbocycles. The maximum Gasteiger partial charge on any atom is 0.309 e. The number of carboxylic acids is 2. The second kappa shape index (κ2) is 4.90. The third kappa shape index (κ3) is 2.25. The van der Waals surface area contributed by atoms with E-state index in [1.807, 2.05) is 0 Å². The van der Waals surface area contributed by atoms with E-state index < -0.39 is 22.8 Å². The molecule has 0 aliphatic heterocycles. The highest BCUT2D eigenvalue weighted by Gasteiger charge is 2.46. The van der Waals surface area contributed by atoms with Crippen LogP contribution in [-0.2, 0) is 9.59 Å². The summed E-state index contributed by atoms with van der Waals surface area (Å²) in [6.07, 6.45) is 7.81. The largest absolute Gasteiger partial charge is 0.481 e. The normalized spacial score (nSPS) is 25.1. The molecule has 2 fully saturated rings. The van der Waals surface area contributed by atoms with E-state index in [4.69, 9.17) is 0 Å². The molecule has 2 aliphatic carbocycles. The fourth-order valence-corrected chi connectivity index (χ4v) is 3.72. The van der Waals surface area contributed by atoms with E-state index >= 15 is 0 Å². The summed E-state index contributed by atoms with van der Waals surface area (Å²) < 4.78 is 0. The first-order chi connectivity index (χ1) is 8.51. The Morgan fingerprint density at radius 1 is 0.722 bits per heavy atom. The summed E-state index contributed by atoms with van der Waals surface area (Å²) >= 11 is 0. The highest BCUT2D eigenvalue weighted by molar-refractivity contribution is 5.76. The number of aliphatic carboxylic acids is 2. The van der Waals surface area contributed by atoms with Crippen LogP contribution >= 0.6 is 0 Å². The zero-order valence-electron chi connectivity index (χ0n) is 10.8. The lowest BCUT2D eigenvalue weighted by Crippen LogP contribution is -2.33.